The molecule has 3 rings (SSSR count). The summed E-state index contributed by atoms with van der Waals surface area (Å²) in [5.74, 6) is -0.0199. The third-order valence-electron chi connectivity index (χ3n) is 3.98. The Hall–Kier alpha value is -2.35. The van der Waals surface area contributed by atoms with Crippen LogP contribution in [0.15, 0.2) is 48.5 Å². The molecule has 0 aromatic heterocycles. The number of benzene rings is 2. The molecule has 0 spiro atoms. The minimum Gasteiger partial charge on any atom is -0.507 e. The van der Waals surface area contributed by atoms with E-state index in [0.29, 0.717) is 5.56 Å². The molecule has 0 fully saturated rings. The Morgan fingerprint density at radius 1 is 1.00 bits per heavy atom. The number of phenols is 1. The minimum absolute atomic E-state index is 0.0957. The fourth-order valence-corrected chi connectivity index (χ4v) is 2.91. The van der Waals surface area contributed by atoms with Gasteiger partial charge in [-0.05, 0) is 54.5 Å². The van der Waals surface area contributed by atoms with Gasteiger partial charge in [-0.2, -0.15) is 0 Å². The fraction of sp³-hybridized carbons (Fsp3) is 0.211. The summed E-state index contributed by atoms with van der Waals surface area (Å²) < 4.78 is 0. The molecule has 2 heteroatoms. The summed E-state index contributed by atoms with van der Waals surface area (Å²) in [6.07, 6.45) is 7.47. The van der Waals surface area contributed by atoms with Crippen LogP contribution in [0.4, 0.5) is 0 Å². The first-order valence-electron chi connectivity index (χ1n) is 7.37. The smallest absolute Gasteiger partial charge is 0.189 e. The van der Waals surface area contributed by atoms with Crippen LogP contribution in [-0.4, -0.2) is 10.9 Å². The van der Waals surface area contributed by atoms with Crippen LogP contribution in [-0.2, 0) is 12.8 Å². The summed E-state index contributed by atoms with van der Waals surface area (Å²) in [6, 6.07) is 13.3. The zero-order valence-corrected chi connectivity index (χ0v) is 11.9. The average Bonchev–Trinajstić information content (AvgIpc) is 2.53. The van der Waals surface area contributed by atoms with E-state index in [4.69, 9.17) is 0 Å². The number of rotatable bonds is 3. The average molecular weight is 278 g/mol. The van der Waals surface area contributed by atoms with Gasteiger partial charge in [0.05, 0.1) is 5.56 Å². The number of hydrogen-bond donors (Lipinski definition) is 1. The van der Waals surface area contributed by atoms with Gasteiger partial charge in [0.2, 0.25) is 0 Å². The maximum atomic E-state index is 12.5. The summed E-state index contributed by atoms with van der Waals surface area (Å²) >= 11 is 0. The molecule has 0 bridgehead atoms. The van der Waals surface area contributed by atoms with Gasteiger partial charge in [0.1, 0.15) is 5.75 Å². The molecule has 0 saturated heterocycles. The van der Waals surface area contributed by atoms with Crippen LogP contribution in [0.1, 0.15) is 39.9 Å². The van der Waals surface area contributed by atoms with Crippen LogP contribution in [0.2, 0.25) is 0 Å². The Labute approximate surface area is 124 Å². The maximum Gasteiger partial charge on any atom is 0.189 e. The topological polar surface area (TPSA) is 37.3 Å². The van der Waals surface area contributed by atoms with Crippen LogP contribution < -0.4 is 0 Å². The van der Waals surface area contributed by atoms with E-state index in [1.165, 1.54) is 5.56 Å². The molecule has 2 aromatic rings. The van der Waals surface area contributed by atoms with Crippen molar-refractivity contribution >= 4 is 11.9 Å². The zero-order valence-electron chi connectivity index (χ0n) is 11.9. The molecular weight excluding hydrogens is 260 g/mol. The van der Waals surface area contributed by atoms with Crippen molar-refractivity contribution in [3.05, 3.63) is 70.8 Å². The van der Waals surface area contributed by atoms with E-state index in [1.54, 1.807) is 18.2 Å². The zero-order chi connectivity index (χ0) is 14.7. The summed E-state index contributed by atoms with van der Waals surface area (Å²) in [7, 11) is 0. The van der Waals surface area contributed by atoms with Gasteiger partial charge < -0.3 is 5.11 Å². The van der Waals surface area contributed by atoms with E-state index in [0.717, 1.165) is 36.8 Å². The number of phenolic OH excluding ortho intramolecular Hbond substituents is 1. The Bertz CT molecular complexity index is 684. The van der Waals surface area contributed by atoms with Crippen LogP contribution in [0, 0.1) is 0 Å². The maximum absolute atomic E-state index is 12.5. The van der Waals surface area contributed by atoms with Crippen molar-refractivity contribution in [3.63, 3.8) is 0 Å². The molecule has 0 radical (unpaired) electrons. The molecular formula is C19H18O2. The Kier molecular flexibility index (Phi) is 3.87. The molecule has 0 saturated carbocycles. The van der Waals surface area contributed by atoms with Crippen molar-refractivity contribution in [1.29, 1.82) is 0 Å². The third kappa shape index (κ3) is 2.89. The van der Waals surface area contributed by atoms with E-state index in [2.05, 4.69) is 0 Å². The lowest BCUT2D eigenvalue weighted by molar-refractivity contribution is 0.104. The monoisotopic (exact) mass is 278 g/mol. The number of hydrogen-bond acceptors (Lipinski definition) is 2. The number of carbonyl (C=O) groups is 1. The highest BCUT2D eigenvalue weighted by molar-refractivity contribution is 6.09. The Morgan fingerprint density at radius 3 is 2.57 bits per heavy atom. The number of aryl methyl sites for hydroxylation is 1. The van der Waals surface area contributed by atoms with Gasteiger partial charge in [0.25, 0.3) is 0 Å². The molecule has 0 heterocycles. The SMILES string of the molecule is O=C(/C=C/c1ccccc1)c1c(O)ccc2c1CCCC2. The third-order valence-corrected chi connectivity index (χ3v) is 3.98. The van der Waals surface area contributed by atoms with Crippen LogP contribution >= 0.6 is 0 Å². The van der Waals surface area contributed by atoms with Gasteiger partial charge >= 0.3 is 0 Å². The normalized spacial score (nSPS) is 14.1. The van der Waals surface area contributed by atoms with Gasteiger partial charge in [0.15, 0.2) is 5.78 Å². The summed E-state index contributed by atoms with van der Waals surface area (Å²) in [4.78, 5) is 12.5. The second kappa shape index (κ2) is 5.96. The number of allylic oxidation sites excluding steroid dienone is 1. The predicted octanol–water partition coefficient (Wildman–Crippen LogP) is 4.17. The van der Waals surface area contributed by atoms with Crippen molar-refractivity contribution in [2.45, 2.75) is 25.7 Å². The fourth-order valence-electron chi connectivity index (χ4n) is 2.91. The van der Waals surface area contributed by atoms with Gasteiger partial charge in [0, 0.05) is 0 Å². The van der Waals surface area contributed by atoms with E-state index in [1.807, 2.05) is 36.4 Å². The lowest BCUT2D eigenvalue weighted by atomic mass is 9.86. The van der Waals surface area contributed by atoms with Crippen molar-refractivity contribution < 1.29 is 9.90 Å². The van der Waals surface area contributed by atoms with Crippen molar-refractivity contribution in [2.75, 3.05) is 0 Å². The number of aromatic hydroxyl groups is 1. The molecule has 0 atom stereocenters. The highest BCUT2D eigenvalue weighted by atomic mass is 16.3. The van der Waals surface area contributed by atoms with Crippen molar-refractivity contribution in [1.82, 2.24) is 0 Å². The molecule has 0 unspecified atom stereocenters. The summed E-state index contributed by atoms with van der Waals surface area (Å²) in [5.41, 5.74) is 3.70. The van der Waals surface area contributed by atoms with Crippen LogP contribution in [0.5, 0.6) is 5.75 Å². The minimum atomic E-state index is -0.116. The van der Waals surface area contributed by atoms with Crippen LogP contribution in [0.25, 0.3) is 6.08 Å². The predicted molar refractivity (Wildman–Crippen MR) is 84.6 cm³/mol. The van der Waals surface area contributed by atoms with E-state index in [9.17, 15) is 9.90 Å². The first-order chi connectivity index (χ1) is 10.3. The van der Waals surface area contributed by atoms with Crippen molar-refractivity contribution in [3.8, 4) is 5.75 Å². The first-order valence-corrected chi connectivity index (χ1v) is 7.37. The van der Waals surface area contributed by atoms with Crippen molar-refractivity contribution in [2.24, 2.45) is 0 Å². The van der Waals surface area contributed by atoms with E-state index in [-0.39, 0.29) is 11.5 Å². The van der Waals surface area contributed by atoms with Gasteiger partial charge in [-0.3, -0.25) is 4.79 Å². The molecule has 2 nitrogen and oxygen atoms in total. The highest BCUT2D eigenvalue weighted by Gasteiger charge is 2.19. The Morgan fingerprint density at radius 2 is 1.76 bits per heavy atom. The van der Waals surface area contributed by atoms with Gasteiger partial charge in [-0.1, -0.05) is 42.5 Å². The molecule has 0 aliphatic heterocycles. The first kappa shape index (κ1) is 13.6. The lowest BCUT2D eigenvalue weighted by Gasteiger charge is -2.19. The summed E-state index contributed by atoms with van der Waals surface area (Å²) in [6.45, 7) is 0. The number of fused-ring (bicyclic) bond motifs is 1. The molecule has 2 aromatic carbocycles. The molecule has 1 aliphatic rings. The molecule has 21 heavy (non-hydrogen) atoms. The lowest BCUT2D eigenvalue weighted by Crippen LogP contribution is -2.09. The van der Waals surface area contributed by atoms with E-state index < -0.39 is 0 Å². The molecule has 106 valence electrons. The van der Waals surface area contributed by atoms with E-state index >= 15 is 0 Å². The molecule has 0 amide bonds. The number of carbonyl (C=O) groups excluding carboxylic acids is 1. The van der Waals surface area contributed by atoms with Gasteiger partial charge in [-0.15, -0.1) is 0 Å². The Balaban J connectivity index is 1.93. The summed E-state index contributed by atoms with van der Waals surface area (Å²) in [5, 5.41) is 10.1. The second-order valence-electron chi connectivity index (χ2n) is 5.41. The van der Waals surface area contributed by atoms with Crippen LogP contribution in [0.3, 0.4) is 0 Å². The van der Waals surface area contributed by atoms with Gasteiger partial charge in [-0.25, -0.2) is 0 Å². The second-order valence-corrected chi connectivity index (χ2v) is 5.41. The highest BCUT2D eigenvalue weighted by Crippen LogP contribution is 2.31. The standard InChI is InChI=1S/C19H18O2/c20-17(12-10-14-6-2-1-3-7-14)19-16-9-5-4-8-15(16)11-13-18(19)21/h1-3,6-7,10-13,21H,4-5,8-9H2/b12-10+. The number of ketones is 1. The molecule has 1 aliphatic carbocycles. The quantitative estimate of drug-likeness (QED) is 0.676. The molecule has 1 N–H and O–H groups in total. The largest absolute Gasteiger partial charge is 0.507 e.